The molecule has 2 aromatic carbocycles. The average Bonchev–Trinajstić information content (AvgIpc) is 3.39. The molecule has 5 rings (SSSR count). The topological polar surface area (TPSA) is 52.6 Å². The van der Waals surface area contributed by atoms with Gasteiger partial charge in [0, 0.05) is 74.7 Å². The van der Waals surface area contributed by atoms with E-state index in [0.717, 1.165) is 80.2 Å². The van der Waals surface area contributed by atoms with E-state index in [2.05, 4.69) is 55.5 Å². The summed E-state index contributed by atoms with van der Waals surface area (Å²) in [7, 11) is 0. The van der Waals surface area contributed by atoms with Gasteiger partial charge in [-0.25, -0.2) is 4.98 Å². The van der Waals surface area contributed by atoms with Crippen molar-refractivity contribution in [2.75, 3.05) is 50.7 Å². The monoisotopic (exact) mass is 521 g/mol. The molecule has 0 atom stereocenters. The second kappa shape index (κ2) is 12.0. The highest BCUT2D eigenvalue weighted by atomic mass is 35.5. The average molecular weight is 522 g/mol. The number of carbonyl (C=O) groups is 1. The molecule has 2 fully saturated rings. The van der Waals surface area contributed by atoms with Crippen molar-refractivity contribution in [2.24, 2.45) is 5.92 Å². The van der Waals surface area contributed by atoms with Crippen molar-refractivity contribution in [3.8, 4) is 0 Å². The molecule has 188 valence electrons. The third kappa shape index (κ3) is 6.52. The lowest BCUT2D eigenvalue weighted by atomic mass is 9.95. The van der Waals surface area contributed by atoms with E-state index >= 15 is 0 Å². The van der Waals surface area contributed by atoms with Crippen LogP contribution in [0.15, 0.2) is 60.7 Å². The first-order valence-electron chi connectivity index (χ1n) is 12.7. The number of anilines is 1. The van der Waals surface area contributed by atoms with Crippen LogP contribution in [-0.4, -0.2) is 70.9 Å². The molecule has 0 aliphatic carbocycles. The summed E-state index contributed by atoms with van der Waals surface area (Å²) in [5.41, 5.74) is 2.38. The van der Waals surface area contributed by atoms with Crippen molar-refractivity contribution in [1.82, 2.24) is 19.2 Å². The van der Waals surface area contributed by atoms with Crippen molar-refractivity contribution < 1.29 is 4.79 Å². The number of piperazine rings is 1. The molecule has 36 heavy (non-hydrogen) atoms. The summed E-state index contributed by atoms with van der Waals surface area (Å²) in [5.74, 6) is 1.29. The number of amides is 1. The summed E-state index contributed by atoms with van der Waals surface area (Å²) in [4.78, 5) is 24.7. The Bertz CT molecular complexity index is 1150. The molecule has 0 radical (unpaired) electrons. The highest BCUT2D eigenvalue weighted by Gasteiger charge is 2.31. The van der Waals surface area contributed by atoms with Crippen LogP contribution in [0.1, 0.15) is 29.8 Å². The summed E-state index contributed by atoms with van der Waals surface area (Å²) in [6.07, 6.45) is 6.85. The van der Waals surface area contributed by atoms with Gasteiger partial charge in [-0.15, -0.1) is 0 Å². The number of halogens is 1. The van der Waals surface area contributed by atoms with Crippen LogP contribution in [0, 0.1) is 5.92 Å². The number of benzene rings is 2. The van der Waals surface area contributed by atoms with E-state index in [4.69, 9.17) is 16.6 Å². The molecule has 2 aliphatic heterocycles. The van der Waals surface area contributed by atoms with Gasteiger partial charge in [0.05, 0.1) is 0 Å². The van der Waals surface area contributed by atoms with Gasteiger partial charge in [0.25, 0.3) is 0 Å². The predicted molar refractivity (Wildman–Crippen MR) is 148 cm³/mol. The Balaban J connectivity index is 1.05. The Hall–Kier alpha value is -2.74. The minimum absolute atomic E-state index is 0.118. The summed E-state index contributed by atoms with van der Waals surface area (Å²) in [5, 5.41) is 1.70. The minimum Gasteiger partial charge on any atom is -0.347 e. The molecular weight excluding hydrogens is 490 g/mol. The lowest BCUT2D eigenvalue weighted by molar-refractivity contribution is -0.137. The van der Waals surface area contributed by atoms with Gasteiger partial charge in [0.1, 0.15) is 5.82 Å². The number of hydrogen-bond donors (Lipinski definition) is 0. The first-order chi connectivity index (χ1) is 17.6. The zero-order chi connectivity index (χ0) is 24.7. The fourth-order valence-corrected chi connectivity index (χ4v) is 5.72. The molecule has 3 aromatic rings. The lowest BCUT2D eigenvalue weighted by Gasteiger charge is -2.38. The zero-order valence-electron chi connectivity index (χ0n) is 20.4. The molecule has 1 amide bonds. The molecule has 8 heteroatoms. The van der Waals surface area contributed by atoms with Crippen molar-refractivity contribution in [2.45, 2.75) is 19.3 Å². The second-order valence-electron chi connectivity index (χ2n) is 9.50. The maximum Gasteiger partial charge on any atom is 0.225 e. The Kier molecular flexibility index (Phi) is 8.31. The van der Waals surface area contributed by atoms with Crippen LogP contribution in [0.4, 0.5) is 5.13 Å². The number of hydrogen-bond acceptors (Lipinski definition) is 6. The van der Waals surface area contributed by atoms with Gasteiger partial charge < -0.3 is 9.80 Å². The maximum atomic E-state index is 13.2. The summed E-state index contributed by atoms with van der Waals surface area (Å²) in [6, 6.07) is 18.2. The van der Waals surface area contributed by atoms with E-state index in [0.29, 0.717) is 12.3 Å². The Labute approximate surface area is 222 Å². The van der Waals surface area contributed by atoms with E-state index < -0.39 is 0 Å². The zero-order valence-corrected chi connectivity index (χ0v) is 22.0. The van der Waals surface area contributed by atoms with Crippen LogP contribution < -0.4 is 4.90 Å². The summed E-state index contributed by atoms with van der Waals surface area (Å²) in [6.45, 7) is 6.16. The number of aromatic nitrogens is 2. The van der Waals surface area contributed by atoms with Gasteiger partial charge in [-0.3, -0.25) is 9.69 Å². The van der Waals surface area contributed by atoms with Gasteiger partial charge >= 0.3 is 0 Å². The smallest absolute Gasteiger partial charge is 0.225 e. The van der Waals surface area contributed by atoms with Gasteiger partial charge in [-0.05, 0) is 36.1 Å². The van der Waals surface area contributed by atoms with Crippen LogP contribution in [0.3, 0.4) is 0 Å². The van der Waals surface area contributed by atoms with Crippen LogP contribution >= 0.6 is 23.1 Å². The molecule has 0 saturated carbocycles. The molecule has 1 aromatic heterocycles. The number of piperidine rings is 1. The van der Waals surface area contributed by atoms with Gasteiger partial charge in [-0.1, -0.05) is 66.2 Å². The van der Waals surface area contributed by atoms with Crippen molar-refractivity contribution in [3.05, 3.63) is 82.6 Å². The minimum atomic E-state index is 0.118. The van der Waals surface area contributed by atoms with E-state index in [9.17, 15) is 4.79 Å². The lowest BCUT2D eigenvalue weighted by Crippen LogP contribution is -2.51. The third-order valence-corrected chi connectivity index (χ3v) is 8.07. The van der Waals surface area contributed by atoms with Gasteiger partial charge in [0.15, 0.2) is 0 Å². The van der Waals surface area contributed by atoms with Crippen LogP contribution in [0.25, 0.3) is 6.08 Å². The Morgan fingerprint density at radius 1 is 0.972 bits per heavy atom. The first kappa shape index (κ1) is 24.9. The molecule has 0 N–H and O–H groups in total. The highest BCUT2D eigenvalue weighted by molar-refractivity contribution is 7.09. The quantitative estimate of drug-likeness (QED) is 0.444. The molecule has 0 bridgehead atoms. The SMILES string of the molecule is O=C(C1CCN(c2nc(Cc3ccc(Cl)cc3)ns2)CC1)N1CCN(CC=Cc2ccccc2)CC1. The largest absolute Gasteiger partial charge is 0.347 e. The molecule has 0 spiro atoms. The fourth-order valence-electron chi connectivity index (χ4n) is 4.86. The first-order valence-corrected chi connectivity index (χ1v) is 13.8. The van der Waals surface area contributed by atoms with Gasteiger partial charge in [0.2, 0.25) is 11.0 Å². The van der Waals surface area contributed by atoms with Crippen molar-refractivity contribution >= 4 is 40.2 Å². The number of carbonyl (C=O) groups excluding carboxylic acids is 1. The predicted octanol–water partition coefficient (Wildman–Crippen LogP) is 4.86. The van der Waals surface area contributed by atoms with Crippen molar-refractivity contribution in [3.63, 3.8) is 0 Å². The molecule has 3 heterocycles. The number of rotatable bonds is 7. The summed E-state index contributed by atoms with van der Waals surface area (Å²) >= 11 is 7.43. The Morgan fingerprint density at radius 3 is 2.42 bits per heavy atom. The van der Waals surface area contributed by atoms with E-state index in [-0.39, 0.29) is 5.92 Å². The van der Waals surface area contributed by atoms with E-state index in [1.165, 1.54) is 17.1 Å². The fraction of sp³-hybridized carbons (Fsp3) is 0.393. The number of nitrogens with zero attached hydrogens (tertiary/aromatic N) is 5. The van der Waals surface area contributed by atoms with Crippen LogP contribution in [-0.2, 0) is 11.2 Å². The molecule has 2 saturated heterocycles. The maximum absolute atomic E-state index is 13.2. The van der Waals surface area contributed by atoms with Crippen LogP contribution in [0.5, 0.6) is 0 Å². The molecule has 0 unspecified atom stereocenters. The second-order valence-corrected chi connectivity index (χ2v) is 10.7. The molecular formula is C28H32ClN5OS. The normalized spacial score (nSPS) is 17.7. The van der Waals surface area contributed by atoms with Crippen LogP contribution in [0.2, 0.25) is 5.02 Å². The molecule has 2 aliphatic rings. The standard InChI is InChI=1S/C28H32ClN5OS/c29-25-10-8-23(9-11-25)21-26-30-28(36-31-26)34-15-12-24(13-16-34)27(35)33-19-17-32(18-20-33)14-4-7-22-5-2-1-3-6-22/h1-11,24H,12-21H2. The van der Waals surface area contributed by atoms with E-state index in [1.54, 1.807) is 0 Å². The third-order valence-electron chi connectivity index (χ3n) is 7.01. The molecule has 6 nitrogen and oxygen atoms in total. The highest BCUT2D eigenvalue weighted by Crippen LogP contribution is 2.27. The van der Waals surface area contributed by atoms with Gasteiger partial charge in [-0.2, -0.15) is 4.37 Å². The Morgan fingerprint density at radius 2 is 1.69 bits per heavy atom. The summed E-state index contributed by atoms with van der Waals surface area (Å²) < 4.78 is 4.55. The van der Waals surface area contributed by atoms with Crippen molar-refractivity contribution in [1.29, 1.82) is 0 Å². The van der Waals surface area contributed by atoms with E-state index in [1.807, 2.05) is 30.3 Å².